The zero-order chi connectivity index (χ0) is 39.9. The van der Waals surface area contributed by atoms with Crippen LogP contribution in [0.5, 0.6) is 0 Å². The van der Waals surface area contributed by atoms with E-state index in [1.165, 1.54) is 90.6 Å². The SMILES string of the molecule is C=C[CH2][Ge]([CH2]C=C)([CH2]C=C)[CH2]C=C.CSCC[CH2][Ge]([CH2]CCSC)([CH2]CCSc1cccc(C)c1)[CH2]CCSc1cccc(C)c1.Sc1cccc(S)c1. The maximum absolute atomic E-state index is 4.11. The second kappa shape index (κ2) is 32.7. The predicted octanol–water partition coefficient (Wildman–Crippen LogP) is 16.4. The van der Waals surface area contributed by atoms with Gasteiger partial charge >= 0.3 is 311 Å². The molecule has 0 saturated carbocycles. The molecule has 0 aliphatic heterocycles. The number of hydrogen-bond donors (Lipinski definition) is 2. The summed E-state index contributed by atoms with van der Waals surface area (Å²) in [5.41, 5.74) is 2.76. The number of benzene rings is 3. The first kappa shape index (κ1) is 51.8. The molecule has 0 bridgehead atoms. The van der Waals surface area contributed by atoms with Gasteiger partial charge in [-0.25, -0.2) is 0 Å². The average Bonchev–Trinajstić information content (AvgIpc) is 3.13. The minimum absolute atomic E-state index is 0.956. The second-order valence-corrected chi connectivity index (χ2v) is 39.8. The molecule has 0 aliphatic rings. The third-order valence-corrected chi connectivity index (χ3v) is 35.1. The van der Waals surface area contributed by atoms with Gasteiger partial charge in [-0.2, -0.15) is 0 Å². The van der Waals surface area contributed by atoms with E-state index in [9.17, 15) is 0 Å². The van der Waals surface area contributed by atoms with E-state index in [-0.39, 0.29) is 0 Å². The molecule has 54 heavy (non-hydrogen) atoms. The maximum Gasteiger partial charge on any atom is 0.00510 e. The number of aryl methyl sites for hydroxylation is 2. The van der Waals surface area contributed by atoms with Crippen molar-refractivity contribution < 1.29 is 0 Å². The first-order chi connectivity index (χ1) is 26.1. The standard InChI is InChI=1S/C28H44GeS4.C12H20Ge.C6H6S2/c1-25-11-5-13-27(23-25)32-21-9-17-29(15-7-19-30-3,16-8-20-31-4)18-10-22-33-28-14-6-12-26(2)24-28;1-5-9-13(10-6-2,11-7-3)12-8-4;7-5-2-1-3-6(8)4-5/h5-6,11-14,23-24H,7-10,15-22H2,1-4H3;5-8H,1-4,9-12H2;1-4,7-8H. The largest absolute Gasteiger partial charge is 0.143 e. The van der Waals surface area contributed by atoms with E-state index in [0.29, 0.717) is 0 Å². The van der Waals surface area contributed by atoms with Crippen molar-refractivity contribution in [3.8, 4) is 0 Å². The van der Waals surface area contributed by atoms with E-state index in [1.54, 1.807) is 21.0 Å². The number of rotatable bonds is 26. The molecule has 0 atom stereocenters. The third-order valence-electron chi connectivity index (χ3n) is 9.47. The van der Waals surface area contributed by atoms with Crippen molar-refractivity contribution in [3.05, 3.63) is 135 Å². The first-order valence-electron chi connectivity index (χ1n) is 19.4. The molecular formula is C46H70Ge2S6. The Hall–Kier alpha value is -0.194. The Morgan fingerprint density at radius 2 is 0.852 bits per heavy atom. The average molecular weight is 961 g/mol. The number of hydrogen-bond acceptors (Lipinski definition) is 6. The Bertz CT molecular complexity index is 1330. The van der Waals surface area contributed by atoms with Crippen LogP contribution < -0.4 is 0 Å². The van der Waals surface area contributed by atoms with Gasteiger partial charge in [-0.3, -0.25) is 0 Å². The van der Waals surface area contributed by atoms with Crippen molar-refractivity contribution in [2.24, 2.45) is 0 Å². The van der Waals surface area contributed by atoms with Crippen LogP contribution in [0.2, 0.25) is 42.0 Å². The van der Waals surface area contributed by atoms with Gasteiger partial charge in [0.1, 0.15) is 0 Å². The summed E-state index contributed by atoms with van der Waals surface area (Å²) in [5.74, 6) is 5.29. The van der Waals surface area contributed by atoms with Crippen LogP contribution in [0.15, 0.2) is 143 Å². The van der Waals surface area contributed by atoms with Crippen LogP contribution in [-0.2, 0) is 0 Å². The molecule has 0 unspecified atom stereocenters. The molecule has 3 aromatic carbocycles. The third kappa shape index (κ3) is 24.5. The van der Waals surface area contributed by atoms with E-state index in [0.717, 1.165) is 9.79 Å². The summed E-state index contributed by atoms with van der Waals surface area (Å²) >= 11 is 12.8. The molecular weight excluding hydrogens is 890 g/mol. The van der Waals surface area contributed by atoms with E-state index in [1.807, 2.05) is 47.8 Å². The van der Waals surface area contributed by atoms with Gasteiger partial charge in [0.2, 0.25) is 0 Å². The molecule has 0 aliphatic carbocycles. The van der Waals surface area contributed by atoms with Crippen molar-refractivity contribution in [2.75, 3.05) is 35.5 Å². The molecule has 0 N–H and O–H groups in total. The fraction of sp³-hybridized carbons (Fsp3) is 0.435. The molecule has 0 heterocycles. The van der Waals surface area contributed by atoms with Gasteiger partial charge in [-0.05, 0) is 18.2 Å². The molecule has 8 heteroatoms. The van der Waals surface area contributed by atoms with E-state index in [4.69, 9.17) is 0 Å². The maximum atomic E-state index is 4.11. The van der Waals surface area contributed by atoms with E-state index in [2.05, 4.69) is 174 Å². The van der Waals surface area contributed by atoms with Gasteiger partial charge in [-0.1, -0.05) is 6.07 Å². The number of thioether (sulfide) groups is 4. The molecule has 298 valence electrons. The van der Waals surface area contributed by atoms with Gasteiger partial charge in [-0.15, -0.1) is 25.3 Å². The second-order valence-electron chi connectivity index (χ2n) is 14.2. The van der Waals surface area contributed by atoms with Crippen molar-refractivity contribution >= 4 is 98.8 Å². The Morgan fingerprint density at radius 3 is 1.15 bits per heavy atom. The van der Waals surface area contributed by atoms with Crippen LogP contribution in [0.3, 0.4) is 0 Å². The predicted molar refractivity (Wildman–Crippen MR) is 271 cm³/mol. The molecule has 0 saturated heterocycles. The summed E-state index contributed by atoms with van der Waals surface area (Å²) in [7, 11) is 0. The van der Waals surface area contributed by atoms with Gasteiger partial charge < -0.3 is 0 Å². The summed E-state index contributed by atoms with van der Waals surface area (Å²) in [6.45, 7) is 19.8. The van der Waals surface area contributed by atoms with Crippen LogP contribution in [0.1, 0.15) is 36.8 Å². The van der Waals surface area contributed by atoms with Crippen molar-refractivity contribution in [1.29, 1.82) is 0 Å². The van der Waals surface area contributed by atoms with Gasteiger partial charge in [0, 0.05) is 9.79 Å². The van der Waals surface area contributed by atoms with Gasteiger partial charge in [0.15, 0.2) is 0 Å². The minimum Gasteiger partial charge on any atom is -0.143 e. The van der Waals surface area contributed by atoms with Crippen molar-refractivity contribution in [1.82, 2.24) is 0 Å². The minimum atomic E-state index is -1.84. The van der Waals surface area contributed by atoms with Crippen molar-refractivity contribution in [2.45, 2.75) is 101 Å². The van der Waals surface area contributed by atoms with Gasteiger partial charge in [0.05, 0.1) is 0 Å². The molecule has 0 amide bonds. The van der Waals surface area contributed by atoms with Crippen molar-refractivity contribution in [3.63, 3.8) is 0 Å². The Morgan fingerprint density at radius 1 is 0.500 bits per heavy atom. The Balaban J connectivity index is 0.000000563. The monoisotopic (exact) mass is 962 g/mol. The van der Waals surface area contributed by atoms with Gasteiger partial charge in [0.25, 0.3) is 0 Å². The normalized spacial score (nSPS) is 11.1. The molecule has 0 radical (unpaired) electrons. The van der Waals surface area contributed by atoms with Crippen LogP contribution in [-0.4, -0.2) is 62.1 Å². The summed E-state index contributed by atoms with van der Waals surface area (Å²) in [6.07, 6.45) is 18.5. The molecule has 0 aromatic heterocycles. The summed E-state index contributed by atoms with van der Waals surface area (Å²) in [4.78, 5) is 4.81. The van der Waals surface area contributed by atoms with Crippen LogP contribution >= 0.6 is 72.3 Å². The zero-order valence-electron chi connectivity index (χ0n) is 33.9. The Labute approximate surface area is 366 Å². The summed E-state index contributed by atoms with van der Waals surface area (Å²) in [5, 5.41) is 11.1. The Kier molecular flexibility index (Phi) is 31.4. The van der Waals surface area contributed by atoms with E-state index < -0.39 is 26.5 Å². The molecule has 3 aromatic rings. The fourth-order valence-corrected chi connectivity index (χ4v) is 30.5. The number of allylic oxidation sites excluding steroid dienone is 4. The van der Waals surface area contributed by atoms with Crippen LogP contribution in [0.4, 0.5) is 0 Å². The topological polar surface area (TPSA) is 0 Å². The zero-order valence-corrected chi connectivity index (χ0v) is 43.2. The first-order valence-corrected chi connectivity index (χ1v) is 36.9. The molecule has 3 rings (SSSR count). The molecule has 0 fully saturated rings. The quantitative estimate of drug-likeness (QED) is 0.0270. The summed E-state index contributed by atoms with van der Waals surface area (Å²) < 4.78 is 0. The smallest absolute Gasteiger partial charge is 0.00510 e. The summed E-state index contributed by atoms with van der Waals surface area (Å²) in [6, 6.07) is 25.7. The fourth-order valence-electron chi connectivity index (χ4n) is 6.84. The molecule has 0 nitrogen and oxygen atoms in total. The van der Waals surface area contributed by atoms with Crippen LogP contribution in [0.25, 0.3) is 0 Å². The molecule has 0 spiro atoms. The van der Waals surface area contributed by atoms with E-state index >= 15 is 0 Å². The number of thiol groups is 2. The van der Waals surface area contributed by atoms with Crippen LogP contribution in [0, 0.1) is 13.8 Å².